The SMILES string of the molecule is CC(C)c1cc(NCC(C)(C)CCCCl)ncn1. The van der Waals surface area contributed by atoms with Gasteiger partial charge in [0.1, 0.15) is 12.1 Å². The van der Waals surface area contributed by atoms with Crippen molar-refractivity contribution in [1.82, 2.24) is 9.97 Å². The van der Waals surface area contributed by atoms with Crippen LogP contribution in [0.1, 0.15) is 52.1 Å². The van der Waals surface area contributed by atoms with E-state index in [1.807, 2.05) is 6.07 Å². The van der Waals surface area contributed by atoms with Crippen LogP contribution >= 0.6 is 11.6 Å². The molecule has 0 aliphatic heterocycles. The zero-order chi connectivity index (χ0) is 13.6. The molecule has 0 atom stereocenters. The van der Waals surface area contributed by atoms with E-state index in [-0.39, 0.29) is 5.41 Å². The molecule has 0 fully saturated rings. The van der Waals surface area contributed by atoms with Gasteiger partial charge in [-0.1, -0.05) is 27.7 Å². The normalized spacial score (nSPS) is 11.9. The number of rotatable bonds is 7. The van der Waals surface area contributed by atoms with E-state index in [9.17, 15) is 0 Å². The molecule has 0 aliphatic rings. The van der Waals surface area contributed by atoms with Crippen LogP contribution in [0.5, 0.6) is 0 Å². The molecule has 0 saturated carbocycles. The smallest absolute Gasteiger partial charge is 0.129 e. The van der Waals surface area contributed by atoms with Crippen LogP contribution in [0.3, 0.4) is 0 Å². The minimum atomic E-state index is 0.234. The van der Waals surface area contributed by atoms with Gasteiger partial charge in [-0.15, -0.1) is 11.6 Å². The van der Waals surface area contributed by atoms with Gasteiger partial charge in [0.05, 0.1) is 0 Å². The molecule has 1 N–H and O–H groups in total. The van der Waals surface area contributed by atoms with E-state index < -0.39 is 0 Å². The molecular formula is C14H24ClN3. The molecule has 1 rings (SSSR count). The largest absolute Gasteiger partial charge is 0.369 e. The summed E-state index contributed by atoms with van der Waals surface area (Å²) in [6.07, 6.45) is 3.80. The van der Waals surface area contributed by atoms with E-state index in [1.165, 1.54) is 0 Å². The summed E-state index contributed by atoms with van der Waals surface area (Å²) in [5, 5.41) is 3.39. The van der Waals surface area contributed by atoms with Crippen molar-refractivity contribution in [3.8, 4) is 0 Å². The highest BCUT2D eigenvalue weighted by atomic mass is 35.5. The second kappa shape index (κ2) is 6.93. The fraction of sp³-hybridized carbons (Fsp3) is 0.714. The Labute approximate surface area is 115 Å². The quantitative estimate of drug-likeness (QED) is 0.759. The summed E-state index contributed by atoms with van der Waals surface area (Å²) in [6, 6.07) is 2.03. The van der Waals surface area contributed by atoms with Gasteiger partial charge in [-0.25, -0.2) is 9.97 Å². The summed E-state index contributed by atoms with van der Waals surface area (Å²) in [5.41, 5.74) is 1.31. The van der Waals surface area contributed by atoms with Gasteiger partial charge >= 0.3 is 0 Å². The third-order valence-electron chi connectivity index (χ3n) is 3.02. The van der Waals surface area contributed by atoms with Crippen molar-refractivity contribution in [2.45, 2.75) is 46.5 Å². The number of nitrogens with zero attached hydrogens (tertiary/aromatic N) is 2. The minimum Gasteiger partial charge on any atom is -0.369 e. The van der Waals surface area contributed by atoms with Crippen LogP contribution in [0.2, 0.25) is 0 Å². The third kappa shape index (κ3) is 5.21. The zero-order valence-corrected chi connectivity index (χ0v) is 12.6. The molecule has 4 heteroatoms. The second-order valence-electron chi connectivity index (χ2n) is 5.79. The molecule has 0 aromatic carbocycles. The highest BCUT2D eigenvalue weighted by Gasteiger charge is 2.17. The van der Waals surface area contributed by atoms with Gasteiger partial charge < -0.3 is 5.32 Å². The van der Waals surface area contributed by atoms with Crippen molar-refractivity contribution in [3.63, 3.8) is 0 Å². The first kappa shape index (κ1) is 15.2. The number of halogens is 1. The van der Waals surface area contributed by atoms with Crippen molar-refractivity contribution in [2.75, 3.05) is 17.7 Å². The summed E-state index contributed by atoms with van der Waals surface area (Å²) < 4.78 is 0. The summed E-state index contributed by atoms with van der Waals surface area (Å²) in [7, 11) is 0. The average molecular weight is 270 g/mol. The Morgan fingerprint density at radius 3 is 2.67 bits per heavy atom. The predicted molar refractivity (Wildman–Crippen MR) is 78.3 cm³/mol. The molecule has 0 aliphatic carbocycles. The van der Waals surface area contributed by atoms with Gasteiger partial charge in [-0.2, -0.15) is 0 Å². The maximum absolute atomic E-state index is 5.74. The van der Waals surface area contributed by atoms with Gasteiger partial charge in [-0.3, -0.25) is 0 Å². The van der Waals surface area contributed by atoms with Crippen LogP contribution in [0.15, 0.2) is 12.4 Å². The highest BCUT2D eigenvalue weighted by Crippen LogP contribution is 2.23. The monoisotopic (exact) mass is 269 g/mol. The van der Waals surface area contributed by atoms with Crippen LogP contribution < -0.4 is 5.32 Å². The maximum Gasteiger partial charge on any atom is 0.129 e. The Balaban J connectivity index is 2.55. The van der Waals surface area contributed by atoms with E-state index >= 15 is 0 Å². The number of nitrogens with one attached hydrogen (secondary N) is 1. The molecule has 0 radical (unpaired) electrons. The third-order valence-corrected chi connectivity index (χ3v) is 3.28. The van der Waals surface area contributed by atoms with E-state index in [2.05, 4.69) is 43.0 Å². The van der Waals surface area contributed by atoms with E-state index in [0.29, 0.717) is 5.92 Å². The Morgan fingerprint density at radius 1 is 1.33 bits per heavy atom. The van der Waals surface area contributed by atoms with Crippen molar-refractivity contribution < 1.29 is 0 Å². The first-order chi connectivity index (χ1) is 8.44. The van der Waals surface area contributed by atoms with Crippen LogP contribution in [0.25, 0.3) is 0 Å². The molecule has 1 aromatic rings. The Kier molecular flexibility index (Phi) is 5.86. The number of aromatic nitrogens is 2. The molecule has 102 valence electrons. The molecular weight excluding hydrogens is 246 g/mol. The number of alkyl halides is 1. The predicted octanol–water partition coefficient (Wildman–Crippen LogP) is 4.06. The lowest BCUT2D eigenvalue weighted by molar-refractivity contribution is 0.355. The summed E-state index contributed by atoms with van der Waals surface area (Å²) in [5.74, 6) is 2.07. The molecule has 1 heterocycles. The lowest BCUT2D eigenvalue weighted by Crippen LogP contribution is -2.23. The molecule has 0 unspecified atom stereocenters. The van der Waals surface area contributed by atoms with E-state index in [1.54, 1.807) is 6.33 Å². The van der Waals surface area contributed by atoms with E-state index in [4.69, 9.17) is 11.6 Å². The molecule has 18 heavy (non-hydrogen) atoms. The molecule has 1 aromatic heterocycles. The minimum absolute atomic E-state index is 0.234. The van der Waals surface area contributed by atoms with Crippen molar-refractivity contribution in [2.24, 2.45) is 5.41 Å². The van der Waals surface area contributed by atoms with Crippen LogP contribution in [-0.2, 0) is 0 Å². The molecule has 0 spiro atoms. The fourth-order valence-electron chi connectivity index (χ4n) is 1.75. The average Bonchev–Trinajstić information content (AvgIpc) is 2.34. The van der Waals surface area contributed by atoms with Gasteiger partial charge in [0.2, 0.25) is 0 Å². The number of anilines is 1. The van der Waals surface area contributed by atoms with Gasteiger partial charge in [0.15, 0.2) is 0 Å². The topological polar surface area (TPSA) is 37.8 Å². The van der Waals surface area contributed by atoms with Gasteiger partial charge in [0, 0.05) is 24.2 Å². The fourth-order valence-corrected chi connectivity index (χ4v) is 1.88. The first-order valence-electron chi connectivity index (χ1n) is 6.56. The lowest BCUT2D eigenvalue weighted by Gasteiger charge is -2.25. The molecule has 0 bridgehead atoms. The number of hydrogen-bond donors (Lipinski definition) is 1. The van der Waals surface area contributed by atoms with Crippen LogP contribution in [0, 0.1) is 5.41 Å². The summed E-state index contributed by atoms with van der Waals surface area (Å²) in [4.78, 5) is 8.52. The van der Waals surface area contributed by atoms with E-state index in [0.717, 1.165) is 36.8 Å². The van der Waals surface area contributed by atoms with Gasteiger partial charge in [-0.05, 0) is 24.2 Å². The van der Waals surface area contributed by atoms with Gasteiger partial charge in [0.25, 0.3) is 0 Å². The summed E-state index contributed by atoms with van der Waals surface area (Å²) in [6.45, 7) is 9.67. The Bertz CT molecular complexity index is 364. The van der Waals surface area contributed by atoms with Crippen molar-refractivity contribution in [1.29, 1.82) is 0 Å². The molecule has 0 saturated heterocycles. The summed E-state index contributed by atoms with van der Waals surface area (Å²) >= 11 is 5.74. The van der Waals surface area contributed by atoms with Crippen molar-refractivity contribution in [3.05, 3.63) is 18.1 Å². The number of hydrogen-bond acceptors (Lipinski definition) is 3. The van der Waals surface area contributed by atoms with Crippen molar-refractivity contribution >= 4 is 17.4 Å². The lowest BCUT2D eigenvalue weighted by atomic mass is 9.88. The Morgan fingerprint density at radius 2 is 2.06 bits per heavy atom. The zero-order valence-electron chi connectivity index (χ0n) is 11.8. The second-order valence-corrected chi connectivity index (χ2v) is 6.17. The van der Waals surface area contributed by atoms with Crippen LogP contribution in [0.4, 0.5) is 5.82 Å². The molecule has 0 amide bonds. The molecule has 3 nitrogen and oxygen atoms in total. The van der Waals surface area contributed by atoms with Crippen LogP contribution in [-0.4, -0.2) is 22.4 Å². The maximum atomic E-state index is 5.74. The Hall–Kier alpha value is -0.830. The first-order valence-corrected chi connectivity index (χ1v) is 7.10. The highest BCUT2D eigenvalue weighted by molar-refractivity contribution is 6.17. The standard InChI is InChI=1S/C14H24ClN3/c1-11(2)12-8-13(18-10-17-12)16-9-14(3,4)6-5-7-15/h8,10-11H,5-7,9H2,1-4H3,(H,16,17,18).